The molecule has 0 fully saturated rings. The number of ether oxygens (including phenoxy) is 2. The molecule has 1 aliphatic heterocycles. The van der Waals surface area contributed by atoms with Gasteiger partial charge in [0, 0.05) is 17.5 Å². The zero-order valence-electron chi connectivity index (χ0n) is 22.2. The van der Waals surface area contributed by atoms with E-state index in [1.807, 2.05) is 23.6 Å². The van der Waals surface area contributed by atoms with Crippen LogP contribution in [0, 0.1) is 0 Å². The van der Waals surface area contributed by atoms with Gasteiger partial charge < -0.3 is 19.7 Å². The minimum Gasteiger partial charge on any atom is -0.457 e. The maximum Gasteiger partial charge on any atom is 0.408 e. The molecule has 0 radical (unpaired) electrons. The van der Waals surface area contributed by atoms with Crippen LogP contribution in [0.2, 0.25) is 0 Å². The summed E-state index contributed by atoms with van der Waals surface area (Å²) in [5.74, 6) is 1.39. The summed E-state index contributed by atoms with van der Waals surface area (Å²) in [4.78, 5) is 39.5. The molecule has 4 rings (SSSR count). The summed E-state index contributed by atoms with van der Waals surface area (Å²) >= 11 is 0. The van der Waals surface area contributed by atoms with Crippen molar-refractivity contribution in [2.24, 2.45) is 5.84 Å². The highest BCUT2D eigenvalue weighted by atomic mass is 19.3. The fourth-order valence-electron chi connectivity index (χ4n) is 4.25. The Bertz CT molecular complexity index is 1390. The van der Waals surface area contributed by atoms with Crippen LogP contribution in [0.25, 0.3) is 0 Å². The highest BCUT2D eigenvalue weighted by molar-refractivity contribution is 6.02. The van der Waals surface area contributed by atoms with E-state index in [9.17, 15) is 14.4 Å². The highest BCUT2D eigenvalue weighted by Crippen LogP contribution is 2.43. The molecule has 1 atom stereocenters. The largest absolute Gasteiger partial charge is 0.457 e. The summed E-state index contributed by atoms with van der Waals surface area (Å²) in [6, 6.07) is 17.8. The summed E-state index contributed by atoms with van der Waals surface area (Å²) in [6.07, 6.45) is -2.00. The fourth-order valence-corrected chi connectivity index (χ4v) is 4.25. The highest BCUT2D eigenvalue weighted by Gasteiger charge is 2.46. The number of alkyl carbamates (subject to hydrolysis) is 1. The van der Waals surface area contributed by atoms with Gasteiger partial charge in [-0.2, -0.15) is 0 Å². The summed E-state index contributed by atoms with van der Waals surface area (Å²) in [7, 11) is 0. The number of rotatable bonds is 6. The molecule has 0 aromatic heterocycles. The average molecular weight is 553 g/mol. The van der Waals surface area contributed by atoms with Gasteiger partial charge in [-0.3, -0.25) is 15.0 Å². The minimum absolute atomic E-state index is 0.0139. The van der Waals surface area contributed by atoms with Crippen LogP contribution in [0.4, 0.5) is 19.3 Å². The molecule has 3 amide bonds. The quantitative estimate of drug-likeness (QED) is 0.225. The van der Waals surface area contributed by atoms with Crippen molar-refractivity contribution in [3.8, 4) is 11.5 Å². The Balaban J connectivity index is 1.69. The summed E-state index contributed by atoms with van der Waals surface area (Å²) in [6.45, 7) is 4.72. The number of alkyl halides is 2. The zero-order chi connectivity index (χ0) is 29.1. The van der Waals surface area contributed by atoms with Crippen LogP contribution in [-0.4, -0.2) is 29.6 Å². The predicted octanol–water partition coefficient (Wildman–Crippen LogP) is 5.00. The fraction of sp³-hybridized carbons (Fsp3) is 0.276. The van der Waals surface area contributed by atoms with Crippen molar-refractivity contribution in [3.63, 3.8) is 0 Å². The number of carbonyl (C=O) groups excluding carboxylic acids is 3. The number of benzene rings is 3. The topological polar surface area (TPSA) is 123 Å². The van der Waals surface area contributed by atoms with Crippen LogP contribution in [0.3, 0.4) is 0 Å². The van der Waals surface area contributed by atoms with Crippen molar-refractivity contribution >= 4 is 23.6 Å². The lowest BCUT2D eigenvalue weighted by Crippen LogP contribution is -2.49. The van der Waals surface area contributed by atoms with E-state index in [1.165, 1.54) is 12.1 Å². The molecular formula is C29H30F2N4O5. The molecule has 9 nitrogen and oxygen atoms in total. The lowest BCUT2D eigenvalue weighted by Gasteiger charge is -2.27. The number of hydrogen-bond donors (Lipinski definition) is 3. The van der Waals surface area contributed by atoms with E-state index in [1.54, 1.807) is 57.2 Å². The van der Waals surface area contributed by atoms with E-state index in [-0.39, 0.29) is 17.8 Å². The standard InChI is InChI=1S/C29H30F2N4O5/c1-28(2,3)40-27(38)33-23-16-29(30,31)22-14-11-19(25(36)34-32)15-24(22)35(26(23)37)17-18-9-12-21(13-10-18)39-20-7-5-4-6-8-20/h4-15,23H,16-17,32H2,1-3H3,(H,33,38)(H,34,36). The molecule has 0 saturated carbocycles. The van der Waals surface area contributed by atoms with Crippen molar-refractivity contribution in [3.05, 3.63) is 89.5 Å². The third kappa shape index (κ3) is 6.73. The second kappa shape index (κ2) is 11.3. The van der Waals surface area contributed by atoms with Crippen molar-refractivity contribution in [1.82, 2.24) is 10.7 Å². The number of halogens is 2. The predicted molar refractivity (Wildman–Crippen MR) is 144 cm³/mol. The molecule has 3 aromatic carbocycles. The molecular weight excluding hydrogens is 522 g/mol. The van der Waals surface area contributed by atoms with Crippen LogP contribution < -0.4 is 26.2 Å². The van der Waals surface area contributed by atoms with Crippen LogP contribution in [0.15, 0.2) is 72.8 Å². The van der Waals surface area contributed by atoms with Gasteiger partial charge in [0.1, 0.15) is 23.1 Å². The Labute approximate surface area is 230 Å². The molecule has 210 valence electrons. The second-order valence-electron chi connectivity index (χ2n) is 10.3. The SMILES string of the molecule is CC(C)(C)OC(=O)NC1CC(F)(F)c2ccc(C(=O)NN)cc2N(Cc2ccc(Oc3ccccc3)cc2)C1=O. The van der Waals surface area contributed by atoms with Crippen molar-refractivity contribution < 1.29 is 32.6 Å². The number of nitrogens with two attached hydrogens (primary N) is 1. The molecule has 3 aromatic rings. The summed E-state index contributed by atoms with van der Waals surface area (Å²) in [5, 5.41) is 2.30. The lowest BCUT2D eigenvalue weighted by molar-refractivity contribution is -0.123. The van der Waals surface area contributed by atoms with Gasteiger partial charge in [-0.25, -0.2) is 19.4 Å². The maximum absolute atomic E-state index is 15.5. The molecule has 4 N–H and O–H groups in total. The van der Waals surface area contributed by atoms with E-state index < -0.39 is 47.5 Å². The van der Waals surface area contributed by atoms with Crippen LogP contribution in [-0.2, 0) is 22.0 Å². The first-order valence-electron chi connectivity index (χ1n) is 12.5. The Kier molecular flexibility index (Phi) is 8.06. The van der Waals surface area contributed by atoms with E-state index in [2.05, 4.69) is 5.32 Å². The minimum atomic E-state index is -3.52. The molecule has 40 heavy (non-hydrogen) atoms. The number of nitrogen functional groups attached to an aromatic ring is 1. The summed E-state index contributed by atoms with van der Waals surface area (Å²) < 4.78 is 42.1. The number of hydrogen-bond acceptors (Lipinski definition) is 6. The third-order valence-electron chi connectivity index (χ3n) is 6.03. The molecule has 1 aliphatic rings. The average Bonchev–Trinajstić information content (AvgIpc) is 2.97. The monoisotopic (exact) mass is 552 g/mol. The first-order valence-corrected chi connectivity index (χ1v) is 12.5. The van der Waals surface area contributed by atoms with Crippen molar-refractivity contribution in [1.29, 1.82) is 0 Å². The number of fused-ring (bicyclic) bond motifs is 1. The first kappa shape index (κ1) is 28.5. The van der Waals surface area contributed by atoms with Crippen molar-refractivity contribution in [2.75, 3.05) is 4.90 Å². The Morgan fingerprint density at radius 3 is 2.30 bits per heavy atom. The Morgan fingerprint density at radius 2 is 1.68 bits per heavy atom. The molecule has 11 heteroatoms. The van der Waals surface area contributed by atoms with E-state index in [0.717, 1.165) is 11.0 Å². The van der Waals surface area contributed by atoms with Gasteiger partial charge in [0.2, 0.25) is 5.91 Å². The van der Waals surface area contributed by atoms with Gasteiger partial charge in [0.05, 0.1) is 12.2 Å². The number of amides is 3. The second-order valence-corrected chi connectivity index (χ2v) is 10.3. The van der Waals surface area contributed by atoms with E-state index in [4.69, 9.17) is 15.3 Å². The van der Waals surface area contributed by atoms with Gasteiger partial charge in [-0.05, 0) is 62.7 Å². The number of anilines is 1. The van der Waals surface area contributed by atoms with Crippen LogP contribution in [0.5, 0.6) is 11.5 Å². The smallest absolute Gasteiger partial charge is 0.408 e. The lowest BCUT2D eigenvalue weighted by atomic mass is 9.99. The third-order valence-corrected chi connectivity index (χ3v) is 6.03. The van der Waals surface area contributed by atoms with Crippen LogP contribution >= 0.6 is 0 Å². The van der Waals surface area contributed by atoms with E-state index >= 15 is 8.78 Å². The van der Waals surface area contributed by atoms with Gasteiger partial charge >= 0.3 is 6.09 Å². The van der Waals surface area contributed by atoms with Gasteiger partial charge in [0.25, 0.3) is 11.8 Å². The molecule has 0 aliphatic carbocycles. The summed E-state index contributed by atoms with van der Waals surface area (Å²) in [5.41, 5.74) is 1.00. The van der Waals surface area contributed by atoms with Crippen LogP contribution in [0.1, 0.15) is 48.7 Å². The van der Waals surface area contributed by atoms with Gasteiger partial charge in [-0.1, -0.05) is 36.4 Å². The van der Waals surface area contributed by atoms with E-state index in [0.29, 0.717) is 17.1 Å². The maximum atomic E-state index is 15.5. The van der Waals surface area contributed by atoms with Crippen molar-refractivity contribution in [2.45, 2.75) is 51.3 Å². The Hall–Kier alpha value is -4.51. The number of carbonyl (C=O) groups is 3. The first-order chi connectivity index (χ1) is 18.9. The molecule has 0 spiro atoms. The normalized spacial score (nSPS) is 16.4. The number of nitrogens with zero attached hydrogens (tertiary/aromatic N) is 1. The molecule has 0 saturated heterocycles. The molecule has 0 bridgehead atoms. The molecule has 1 heterocycles. The Morgan fingerprint density at radius 1 is 1.02 bits per heavy atom. The molecule has 1 unspecified atom stereocenters. The van der Waals surface area contributed by atoms with Gasteiger partial charge in [-0.15, -0.1) is 0 Å². The number of para-hydroxylation sites is 1. The number of nitrogens with one attached hydrogen (secondary N) is 2. The zero-order valence-corrected chi connectivity index (χ0v) is 22.2. The number of hydrazine groups is 1. The van der Waals surface area contributed by atoms with Gasteiger partial charge in [0.15, 0.2) is 0 Å².